The lowest BCUT2D eigenvalue weighted by atomic mass is 9.71. The van der Waals surface area contributed by atoms with E-state index in [9.17, 15) is 0 Å². The van der Waals surface area contributed by atoms with Gasteiger partial charge in [0, 0.05) is 59.6 Å². The zero-order chi connectivity index (χ0) is 41.7. The molecule has 12 rings (SSSR count). The van der Waals surface area contributed by atoms with E-state index in [4.69, 9.17) is 39.1 Å². The highest BCUT2D eigenvalue weighted by Crippen LogP contribution is 2.50. The fourth-order valence-electron chi connectivity index (χ4n) is 11.6. The highest BCUT2D eigenvalue weighted by molar-refractivity contribution is 5.91. The minimum atomic E-state index is -0.370. The van der Waals surface area contributed by atoms with Crippen LogP contribution in [0, 0.1) is 23.7 Å². The Morgan fingerprint density at radius 1 is 0.721 bits per heavy atom. The fraction of sp³-hybridized carbons (Fsp3) is 0.373. The first kappa shape index (κ1) is 39.3. The number of hydrogen-bond acceptors (Lipinski definition) is 9. The summed E-state index contributed by atoms with van der Waals surface area (Å²) in [5.41, 5.74) is 3.89. The largest absolute Gasteiger partial charge is 0.497 e. The lowest BCUT2D eigenvalue weighted by Crippen LogP contribution is -2.68. The number of quaternary nitrogens is 1. The van der Waals surface area contributed by atoms with Gasteiger partial charge in [-0.3, -0.25) is 14.9 Å². The summed E-state index contributed by atoms with van der Waals surface area (Å²) in [6.07, 6.45) is 13.7. The lowest BCUT2D eigenvalue weighted by Gasteiger charge is -2.58. The van der Waals surface area contributed by atoms with Gasteiger partial charge in [-0.25, -0.2) is 0 Å². The molecule has 1 unspecified atom stereocenters. The second-order valence-electron chi connectivity index (χ2n) is 17.6. The maximum atomic E-state index is 7.42. The summed E-state index contributed by atoms with van der Waals surface area (Å²) in [5, 5.41) is 13.6. The van der Waals surface area contributed by atoms with E-state index in [-0.39, 0.29) is 24.3 Å². The summed E-state index contributed by atoms with van der Waals surface area (Å²) in [4.78, 5) is 12.1. The Morgan fingerprint density at radius 2 is 1.33 bits per heavy atom. The van der Waals surface area contributed by atoms with Gasteiger partial charge in [-0.1, -0.05) is 30.9 Å². The van der Waals surface area contributed by atoms with Crippen molar-refractivity contribution in [3.8, 4) is 23.3 Å². The molecule has 0 radical (unpaired) electrons. The third-order valence-electron chi connectivity index (χ3n) is 14.7. The minimum absolute atomic E-state index is 0.115. The van der Waals surface area contributed by atoms with E-state index in [0.717, 1.165) is 118 Å². The first-order valence-electron chi connectivity index (χ1n) is 21.8. The number of nitrogens with zero attached hydrogens (tertiary/aromatic N) is 6. The van der Waals surface area contributed by atoms with Gasteiger partial charge in [0.25, 0.3) is 0 Å². The summed E-state index contributed by atoms with van der Waals surface area (Å²) in [6.45, 7) is 17.6. The number of benzene rings is 3. The third kappa shape index (κ3) is 6.90. The molecule has 61 heavy (non-hydrogen) atoms. The van der Waals surface area contributed by atoms with Gasteiger partial charge in [-0.05, 0) is 104 Å². The molecule has 9 heterocycles. The van der Waals surface area contributed by atoms with Crippen LogP contribution in [0.1, 0.15) is 49.0 Å². The maximum absolute atomic E-state index is 7.42. The van der Waals surface area contributed by atoms with Crippen LogP contribution in [0.15, 0.2) is 123 Å². The topological polar surface area (TPSA) is 91.7 Å². The van der Waals surface area contributed by atoms with Crippen LogP contribution in [-0.2, 0) is 0 Å². The van der Waals surface area contributed by atoms with Gasteiger partial charge in [0.15, 0.2) is 6.10 Å². The molecule has 0 aliphatic carbocycles. The molecule has 0 N–H and O–H groups in total. The van der Waals surface area contributed by atoms with Crippen molar-refractivity contribution < 1.29 is 23.4 Å². The van der Waals surface area contributed by atoms with Crippen molar-refractivity contribution in [2.75, 3.05) is 46.9 Å². The number of hydrogen-bond donors (Lipinski definition) is 0. The number of fused-ring (bicyclic) bond motifs is 9. The van der Waals surface area contributed by atoms with Crippen molar-refractivity contribution in [1.82, 2.24) is 25.1 Å². The quantitative estimate of drug-likeness (QED) is 0.0788. The zero-order valence-corrected chi connectivity index (χ0v) is 35.2. The molecule has 6 fully saturated rings. The van der Waals surface area contributed by atoms with Crippen LogP contribution in [0.3, 0.4) is 0 Å². The molecule has 10 nitrogen and oxygen atoms in total. The second kappa shape index (κ2) is 16.2. The molecule has 6 aromatic rings. The van der Waals surface area contributed by atoms with Gasteiger partial charge < -0.3 is 23.4 Å². The molecular formula is C51H55N6O4+. The summed E-state index contributed by atoms with van der Waals surface area (Å²) >= 11 is 0. The Kier molecular flexibility index (Phi) is 10.4. The van der Waals surface area contributed by atoms with E-state index < -0.39 is 0 Å². The summed E-state index contributed by atoms with van der Waals surface area (Å²) in [5.74, 6) is 4.48. The molecule has 6 saturated heterocycles. The Labute approximate surface area is 358 Å². The number of piperidine rings is 6. The predicted octanol–water partition coefficient (Wildman–Crippen LogP) is 9.48. The van der Waals surface area contributed by atoms with Crippen molar-refractivity contribution >= 4 is 32.6 Å². The van der Waals surface area contributed by atoms with Crippen molar-refractivity contribution in [2.45, 2.75) is 50.0 Å². The van der Waals surface area contributed by atoms with Crippen molar-refractivity contribution in [2.24, 2.45) is 23.7 Å². The number of ether oxygens (including phenoxy) is 4. The first-order valence-corrected chi connectivity index (χ1v) is 21.8. The summed E-state index contributed by atoms with van der Waals surface area (Å²) in [7, 11) is 3.40. The molecular weight excluding hydrogens is 761 g/mol. The lowest BCUT2D eigenvalue weighted by molar-refractivity contribution is -0.967. The van der Waals surface area contributed by atoms with E-state index in [1.807, 2.05) is 48.8 Å². The molecule has 0 spiro atoms. The monoisotopic (exact) mass is 815 g/mol. The Bertz CT molecular complexity index is 2630. The van der Waals surface area contributed by atoms with Crippen LogP contribution < -0.4 is 18.9 Å². The molecule has 0 saturated carbocycles. The molecule has 10 atom stereocenters. The number of methoxy groups -OCH3 is 2. The molecule has 3 aromatic carbocycles. The average molecular weight is 816 g/mol. The Balaban J connectivity index is 1.09. The van der Waals surface area contributed by atoms with Gasteiger partial charge in [0.2, 0.25) is 11.8 Å². The summed E-state index contributed by atoms with van der Waals surface area (Å²) in [6, 6.07) is 24.8. The third-order valence-corrected chi connectivity index (χ3v) is 14.7. The normalized spacial score (nSPS) is 27.7. The van der Waals surface area contributed by atoms with Crippen molar-refractivity contribution in [1.29, 1.82) is 0 Å². The zero-order valence-electron chi connectivity index (χ0n) is 35.2. The smallest absolute Gasteiger partial charge is 0.242 e. The van der Waals surface area contributed by atoms with E-state index in [0.29, 0.717) is 35.4 Å². The molecule has 312 valence electrons. The summed E-state index contributed by atoms with van der Waals surface area (Å²) < 4.78 is 27.1. The highest BCUT2D eigenvalue weighted by Gasteiger charge is 2.55. The molecule has 4 bridgehead atoms. The molecule has 0 amide bonds. The number of rotatable bonds is 14. The van der Waals surface area contributed by atoms with Gasteiger partial charge >= 0.3 is 0 Å². The minimum Gasteiger partial charge on any atom is -0.497 e. The van der Waals surface area contributed by atoms with Crippen molar-refractivity contribution in [3.63, 3.8) is 0 Å². The molecule has 6 aliphatic rings. The molecule has 10 heteroatoms. The van der Waals surface area contributed by atoms with Crippen LogP contribution in [0.25, 0.3) is 32.6 Å². The van der Waals surface area contributed by atoms with Gasteiger partial charge in [0.05, 0.1) is 61.7 Å². The van der Waals surface area contributed by atoms with E-state index >= 15 is 0 Å². The van der Waals surface area contributed by atoms with Gasteiger partial charge in [-0.2, -0.15) is 0 Å². The van der Waals surface area contributed by atoms with Crippen LogP contribution in [0.2, 0.25) is 0 Å². The van der Waals surface area contributed by atoms with E-state index in [1.54, 1.807) is 14.2 Å². The van der Waals surface area contributed by atoms with Gasteiger partial charge in [0.1, 0.15) is 23.6 Å². The standard InChI is InChI=1S/C51H55N6O4/c1-6-24-57-25-20-35(33(8-3)31-57)27-47(57)49(39-18-22-53-45-16-14-37(59-5)29-43(39)45)61-51-41-12-10-9-11-40(41)50(54-55-51)60-48(46-26-34-19-23-56(46)30-32(34)7-2)38-17-21-52-44-15-13-36(58-4)28-42(38)44/h6-18,21-22,28-29,32-35,46-49H,1-3,19-20,23-27,30-31H2,4-5H3/q+1/t32-,33-,34-,35-,46+,47+,48-,49-,57-/m0/s1. The van der Waals surface area contributed by atoms with E-state index in [1.165, 1.54) is 0 Å². The average Bonchev–Trinajstić information content (AvgIpc) is 3.32. The SMILES string of the molecule is C=CC[N@@+]12CC[C@@H](C[C@@H]1[C@@H](Oc1nnc(O[C@@H](c3ccnc4ccc(OC)cc34)[C@H]3C[C@@H]4CCN3C[C@@H]4C=C)c3ccccc13)c1ccnc3ccc(OC)cc13)[C@@H](C=C)C2. The van der Waals surface area contributed by atoms with Crippen LogP contribution >= 0.6 is 0 Å². The van der Waals surface area contributed by atoms with Crippen LogP contribution in [0.5, 0.6) is 23.3 Å². The maximum Gasteiger partial charge on any atom is 0.242 e. The number of pyridine rings is 2. The van der Waals surface area contributed by atoms with Crippen molar-refractivity contribution in [3.05, 3.63) is 134 Å². The van der Waals surface area contributed by atoms with Gasteiger partial charge in [-0.15, -0.1) is 23.4 Å². The predicted molar refractivity (Wildman–Crippen MR) is 240 cm³/mol. The van der Waals surface area contributed by atoms with Crippen LogP contribution in [0.4, 0.5) is 0 Å². The highest BCUT2D eigenvalue weighted by atomic mass is 16.5. The molecule has 3 aromatic heterocycles. The van der Waals surface area contributed by atoms with Crippen LogP contribution in [-0.4, -0.2) is 88.6 Å². The number of aromatic nitrogens is 4. The Morgan fingerprint density at radius 3 is 1.90 bits per heavy atom. The first-order chi connectivity index (χ1) is 29.9. The van der Waals surface area contributed by atoms with E-state index in [2.05, 4.69) is 79.3 Å². The molecule has 6 aliphatic heterocycles. The fourth-order valence-corrected chi connectivity index (χ4v) is 11.6. The Hall–Kier alpha value is -5.84. The second-order valence-corrected chi connectivity index (χ2v) is 17.6.